The fraction of sp³-hybridized carbons (Fsp3) is 0.985. The standard InChI is InChI=1S/C68H139N2O6P/c1-6-8-10-12-14-16-18-20-22-24-26-28-29-30-31-32-33-34-35-36-37-38-39-40-42-44-46-48-50-52-54-56-58-60-62-68(72)69-66(65-76-77(73,74)75-64-63-70(3,4)5)67(71)61-59-57-55-53-51-49-47-45-43-41-27-25-23-21-19-17-15-13-11-9-7-2/h66-67,71H,6-65H2,1-5H3,(H-,69,72,73,74)/p+1. The third-order valence-corrected chi connectivity index (χ3v) is 17.6. The van der Waals surface area contributed by atoms with Crippen molar-refractivity contribution in [2.45, 2.75) is 392 Å². The highest BCUT2D eigenvalue weighted by Crippen LogP contribution is 2.43. The van der Waals surface area contributed by atoms with Gasteiger partial charge in [0.05, 0.1) is 39.9 Å². The summed E-state index contributed by atoms with van der Waals surface area (Å²) >= 11 is 0. The van der Waals surface area contributed by atoms with E-state index in [-0.39, 0.29) is 19.1 Å². The molecule has 1 amide bonds. The minimum absolute atomic E-state index is 0.0794. The van der Waals surface area contributed by atoms with Gasteiger partial charge in [0.25, 0.3) is 0 Å². The smallest absolute Gasteiger partial charge is 0.391 e. The van der Waals surface area contributed by atoms with Gasteiger partial charge in [0.1, 0.15) is 13.2 Å². The van der Waals surface area contributed by atoms with E-state index in [1.165, 1.54) is 315 Å². The molecule has 8 nitrogen and oxygen atoms in total. The Morgan fingerprint density at radius 2 is 0.623 bits per heavy atom. The second kappa shape index (κ2) is 60.1. The maximum Gasteiger partial charge on any atom is 0.472 e. The van der Waals surface area contributed by atoms with Crippen molar-refractivity contribution >= 4 is 13.7 Å². The average molecular weight is 1110 g/mol. The number of amides is 1. The third kappa shape index (κ3) is 62.9. The summed E-state index contributed by atoms with van der Waals surface area (Å²) in [5.74, 6) is -0.133. The predicted molar refractivity (Wildman–Crippen MR) is 337 cm³/mol. The van der Waals surface area contributed by atoms with Crippen LogP contribution in [0, 0.1) is 0 Å². The highest BCUT2D eigenvalue weighted by atomic mass is 31.2. The zero-order chi connectivity index (χ0) is 56.3. The molecule has 0 aromatic carbocycles. The second-order valence-corrected chi connectivity index (χ2v) is 27.1. The summed E-state index contributed by atoms with van der Waals surface area (Å²) in [7, 11) is 1.64. The number of aliphatic hydroxyl groups excluding tert-OH is 1. The van der Waals surface area contributed by atoms with Crippen molar-refractivity contribution in [1.29, 1.82) is 0 Å². The van der Waals surface area contributed by atoms with Gasteiger partial charge in [0.2, 0.25) is 5.91 Å². The minimum atomic E-state index is -4.32. The third-order valence-electron chi connectivity index (χ3n) is 16.6. The Hall–Kier alpha value is -0.500. The van der Waals surface area contributed by atoms with Crippen LogP contribution in [0.4, 0.5) is 0 Å². The van der Waals surface area contributed by atoms with Crippen LogP contribution in [0.25, 0.3) is 0 Å². The Morgan fingerprint density at radius 1 is 0.390 bits per heavy atom. The van der Waals surface area contributed by atoms with Crippen LogP contribution in [0.2, 0.25) is 0 Å². The number of rotatable bonds is 66. The van der Waals surface area contributed by atoms with E-state index in [9.17, 15) is 19.4 Å². The number of carbonyl (C=O) groups excluding carboxylic acids is 1. The van der Waals surface area contributed by atoms with Crippen molar-refractivity contribution in [3.8, 4) is 0 Å². The summed E-state index contributed by atoms with van der Waals surface area (Å²) in [6.07, 6.45) is 75.0. The number of unbranched alkanes of at least 4 members (excludes halogenated alkanes) is 53. The molecule has 0 aliphatic rings. The summed E-state index contributed by atoms with van der Waals surface area (Å²) in [5.41, 5.74) is 0. The van der Waals surface area contributed by atoms with Gasteiger partial charge in [-0.3, -0.25) is 13.8 Å². The van der Waals surface area contributed by atoms with Gasteiger partial charge in [-0.15, -0.1) is 0 Å². The fourth-order valence-electron chi connectivity index (χ4n) is 11.2. The lowest BCUT2D eigenvalue weighted by molar-refractivity contribution is -0.870. The van der Waals surface area contributed by atoms with E-state index in [4.69, 9.17) is 9.05 Å². The monoisotopic (exact) mass is 1110 g/mol. The lowest BCUT2D eigenvalue weighted by Crippen LogP contribution is -2.46. The Balaban J connectivity index is 3.93. The van der Waals surface area contributed by atoms with Gasteiger partial charge in [-0.05, 0) is 12.8 Å². The molecule has 77 heavy (non-hydrogen) atoms. The van der Waals surface area contributed by atoms with Crippen molar-refractivity contribution in [1.82, 2.24) is 5.32 Å². The maximum atomic E-state index is 13.1. The summed E-state index contributed by atoms with van der Waals surface area (Å²) in [5, 5.41) is 14.1. The van der Waals surface area contributed by atoms with E-state index in [0.717, 1.165) is 38.5 Å². The largest absolute Gasteiger partial charge is 0.472 e. The zero-order valence-corrected chi connectivity index (χ0v) is 53.9. The van der Waals surface area contributed by atoms with Crippen molar-refractivity contribution in [3.63, 3.8) is 0 Å². The van der Waals surface area contributed by atoms with E-state index >= 15 is 0 Å². The number of hydrogen-bond acceptors (Lipinski definition) is 5. The number of nitrogens with zero attached hydrogens (tertiary/aromatic N) is 1. The van der Waals surface area contributed by atoms with E-state index in [2.05, 4.69) is 19.2 Å². The first-order chi connectivity index (χ1) is 37.5. The van der Waals surface area contributed by atoms with Crippen LogP contribution in [-0.4, -0.2) is 73.4 Å². The molecule has 0 radical (unpaired) electrons. The first-order valence-electron chi connectivity index (χ1n) is 34.9. The van der Waals surface area contributed by atoms with Gasteiger partial charge in [0, 0.05) is 6.42 Å². The first kappa shape index (κ1) is 76.5. The van der Waals surface area contributed by atoms with Gasteiger partial charge < -0.3 is 19.8 Å². The topological polar surface area (TPSA) is 105 Å². The molecule has 0 saturated carbocycles. The summed E-state index contributed by atoms with van der Waals surface area (Å²) in [4.78, 5) is 23.4. The number of nitrogens with one attached hydrogen (secondary N) is 1. The number of phosphoric ester groups is 1. The van der Waals surface area contributed by atoms with Crippen LogP contribution in [0.1, 0.15) is 380 Å². The molecule has 0 rings (SSSR count). The van der Waals surface area contributed by atoms with Gasteiger partial charge in [-0.25, -0.2) is 4.57 Å². The van der Waals surface area contributed by atoms with Crippen molar-refractivity contribution in [2.75, 3.05) is 40.9 Å². The molecule has 462 valence electrons. The molecule has 0 aliphatic heterocycles. The predicted octanol–water partition coefficient (Wildman–Crippen LogP) is 21.9. The molecule has 0 fully saturated rings. The van der Waals surface area contributed by atoms with Crippen LogP contribution in [0.3, 0.4) is 0 Å². The summed E-state index contributed by atoms with van der Waals surface area (Å²) in [6.45, 7) is 4.96. The van der Waals surface area contributed by atoms with E-state index in [1.807, 2.05) is 21.1 Å². The molecule has 0 aromatic heterocycles. The van der Waals surface area contributed by atoms with Gasteiger partial charge in [0.15, 0.2) is 0 Å². The van der Waals surface area contributed by atoms with Crippen LogP contribution >= 0.6 is 7.82 Å². The Morgan fingerprint density at radius 3 is 0.870 bits per heavy atom. The van der Waals surface area contributed by atoms with Crippen molar-refractivity contribution in [3.05, 3.63) is 0 Å². The van der Waals surface area contributed by atoms with Crippen LogP contribution in [-0.2, 0) is 18.4 Å². The summed E-state index contributed by atoms with van der Waals surface area (Å²) < 4.78 is 23.9. The van der Waals surface area contributed by atoms with Crippen molar-refractivity contribution < 1.29 is 32.9 Å². The normalized spacial score (nSPS) is 13.6. The molecule has 3 atom stereocenters. The highest BCUT2D eigenvalue weighted by molar-refractivity contribution is 7.47. The van der Waals surface area contributed by atoms with Crippen molar-refractivity contribution in [2.24, 2.45) is 0 Å². The van der Waals surface area contributed by atoms with Gasteiger partial charge in [-0.2, -0.15) is 0 Å². The molecule has 0 aliphatic carbocycles. The Labute approximate surface area is 482 Å². The number of phosphoric acid groups is 1. The zero-order valence-electron chi connectivity index (χ0n) is 53.0. The molecule has 9 heteroatoms. The number of quaternary nitrogens is 1. The lowest BCUT2D eigenvalue weighted by Gasteiger charge is -2.26. The van der Waals surface area contributed by atoms with Crippen LogP contribution < -0.4 is 5.32 Å². The second-order valence-electron chi connectivity index (χ2n) is 25.6. The Kier molecular flexibility index (Phi) is 59.7. The van der Waals surface area contributed by atoms with Gasteiger partial charge in [-0.1, -0.05) is 361 Å². The number of hydrogen-bond donors (Lipinski definition) is 3. The molecule has 0 saturated heterocycles. The fourth-order valence-corrected chi connectivity index (χ4v) is 11.9. The average Bonchev–Trinajstić information content (AvgIpc) is 3.39. The van der Waals surface area contributed by atoms with Crippen LogP contribution in [0.15, 0.2) is 0 Å². The summed E-state index contributed by atoms with van der Waals surface area (Å²) in [6, 6.07) is -0.756. The molecule has 3 N–H and O–H groups in total. The molecular formula is C68H140N2O6P+. The van der Waals surface area contributed by atoms with E-state index < -0.39 is 20.0 Å². The molecule has 0 heterocycles. The minimum Gasteiger partial charge on any atom is -0.391 e. The Bertz CT molecular complexity index is 1220. The van der Waals surface area contributed by atoms with Gasteiger partial charge >= 0.3 is 7.82 Å². The number of likely N-dealkylation sites (N-methyl/N-ethyl adjacent to an activating group) is 1. The van der Waals surface area contributed by atoms with E-state index in [0.29, 0.717) is 23.9 Å². The highest BCUT2D eigenvalue weighted by Gasteiger charge is 2.28. The van der Waals surface area contributed by atoms with E-state index in [1.54, 1.807) is 0 Å². The SMILES string of the molecule is CCCCCCCCCCCCCCCCCCCCCCCCCCCCCCCCCCCCC(=O)NC(COP(=O)(O)OCC[N+](C)(C)C)C(O)CCCCCCCCCCCCCCCCCCCCCCC. The lowest BCUT2D eigenvalue weighted by atomic mass is 10.0. The molecule has 0 aromatic rings. The maximum absolute atomic E-state index is 13.1. The number of carbonyl (C=O) groups is 1. The molecule has 0 spiro atoms. The van der Waals surface area contributed by atoms with Crippen LogP contribution in [0.5, 0.6) is 0 Å². The molecule has 0 bridgehead atoms. The molecular weight excluding hydrogens is 972 g/mol. The first-order valence-corrected chi connectivity index (χ1v) is 36.4. The number of aliphatic hydroxyl groups is 1. The quantitative estimate of drug-likeness (QED) is 0.0318. The molecule has 3 unspecified atom stereocenters.